The van der Waals surface area contributed by atoms with Crippen LogP contribution in [0.2, 0.25) is 0 Å². The van der Waals surface area contributed by atoms with Crippen molar-refractivity contribution in [1.82, 2.24) is 10.4 Å². The van der Waals surface area contributed by atoms with Crippen LogP contribution in [0.25, 0.3) is 0 Å². The Bertz CT molecular complexity index is 1440. The van der Waals surface area contributed by atoms with Crippen molar-refractivity contribution in [2.24, 2.45) is 5.10 Å². The van der Waals surface area contributed by atoms with E-state index < -0.39 is 17.6 Å². The lowest BCUT2D eigenvalue weighted by molar-refractivity contribution is -0.137. The number of carbonyl (C=O) groups is 1. The van der Waals surface area contributed by atoms with Gasteiger partial charge in [0.15, 0.2) is 5.13 Å². The summed E-state index contributed by atoms with van der Waals surface area (Å²) in [5, 5.41) is 8.91. The maximum Gasteiger partial charge on any atom is 0.416 e. The number of nitrogens with zero attached hydrogens (tertiary/aromatic N) is 2. The van der Waals surface area contributed by atoms with Crippen LogP contribution in [-0.2, 0) is 24.0 Å². The highest BCUT2D eigenvalue weighted by atomic mass is 79.9. The van der Waals surface area contributed by atoms with Gasteiger partial charge in [0.25, 0.3) is 0 Å². The predicted octanol–water partition coefficient (Wildman–Crippen LogP) is 7.25. The van der Waals surface area contributed by atoms with Crippen molar-refractivity contribution in [2.45, 2.75) is 26.1 Å². The number of thiazole rings is 1. The quantitative estimate of drug-likeness (QED) is 0.156. The van der Waals surface area contributed by atoms with E-state index in [2.05, 4.69) is 36.8 Å². The molecular weight excluding hydrogens is 581 g/mol. The molecule has 0 aliphatic heterocycles. The summed E-state index contributed by atoms with van der Waals surface area (Å²) < 4.78 is 45.5. The van der Waals surface area contributed by atoms with Crippen LogP contribution >= 0.6 is 27.3 Å². The zero-order chi connectivity index (χ0) is 27.1. The van der Waals surface area contributed by atoms with Crippen molar-refractivity contribution in [3.63, 3.8) is 0 Å². The van der Waals surface area contributed by atoms with E-state index in [0.29, 0.717) is 28.7 Å². The molecule has 0 saturated carbocycles. The number of benzene rings is 3. The van der Waals surface area contributed by atoms with Gasteiger partial charge in [-0.1, -0.05) is 51.8 Å². The van der Waals surface area contributed by atoms with Gasteiger partial charge in [0, 0.05) is 21.1 Å². The first-order valence-corrected chi connectivity index (χ1v) is 13.0. The van der Waals surface area contributed by atoms with Gasteiger partial charge in [0.1, 0.15) is 12.4 Å². The lowest BCUT2D eigenvalue weighted by atomic mass is 10.1. The number of alkyl halides is 3. The van der Waals surface area contributed by atoms with Crippen LogP contribution < -0.4 is 15.5 Å². The maximum atomic E-state index is 12.9. The average molecular weight is 603 g/mol. The van der Waals surface area contributed by atoms with Gasteiger partial charge in [-0.25, -0.2) is 10.4 Å². The fourth-order valence-corrected chi connectivity index (χ4v) is 4.43. The normalized spacial score (nSPS) is 11.5. The molecule has 0 radical (unpaired) electrons. The van der Waals surface area contributed by atoms with E-state index in [1.165, 1.54) is 35.2 Å². The summed E-state index contributed by atoms with van der Waals surface area (Å²) in [5.74, 6) is 0.214. The Kier molecular flexibility index (Phi) is 8.80. The SMILES string of the molecule is Cc1ccc(COc2ccc(Br)cc2/C=N\NC(=O)Cc2csc(Nc3cccc(C(F)(F)F)c3)n2)cc1. The van der Waals surface area contributed by atoms with Crippen LogP contribution in [0.3, 0.4) is 0 Å². The molecule has 196 valence electrons. The number of aryl methyl sites for hydroxylation is 1. The molecule has 0 fully saturated rings. The van der Waals surface area contributed by atoms with E-state index in [-0.39, 0.29) is 12.1 Å². The summed E-state index contributed by atoms with van der Waals surface area (Å²) in [7, 11) is 0. The number of nitrogens with one attached hydrogen (secondary N) is 2. The molecule has 1 amide bonds. The highest BCUT2D eigenvalue weighted by Crippen LogP contribution is 2.32. The summed E-state index contributed by atoms with van der Waals surface area (Å²) in [6.07, 6.45) is -2.99. The molecule has 3 aromatic carbocycles. The van der Waals surface area contributed by atoms with E-state index in [4.69, 9.17) is 4.74 Å². The topological polar surface area (TPSA) is 75.6 Å². The van der Waals surface area contributed by atoms with Crippen molar-refractivity contribution in [2.75, 3.05) is 5.32 Å². The third-order valence-corrected chi connectivity index (χ3v) is 6.51. The van der Waals surface area contributed by atoms with Crippen LogP contribution in [-0.4, -0.2) is 17.1 Å². The Labute approximate surface area is 229 Å². The van der Waals surface area contributed by atoms with E-state index >= 15 is 0 Å². The van der Waals surface area contributed by atoms with Crippen molar-refractivity contribution < 1.29 is 22.7 Å². The number of rotatable bonds is 9. The van der Waals surface area contributed by atoms with Crippen molar-refractivity contribution >= 4 is 50.2 Å². The van der Waals surface area contributed by atoms with Crippen LogP contribution in [0.15, 0.2) is 81.7 Å². The maximum absolute atomic E-state index is 12.9. The Balaban J connectivity index is 1.32. The van der Waals surface area contributed by atoms with Crippen molar-refractivity contribution in [3.05, 3.63) is 105 Å². The number of amides is 1. The lowest BCUT2D eigenvalue weighted by Gasteiger charge is -2.10. The molecule has 11 heteroatoms. The fraction of sp³-hybridized carbons (Fsp3) is 0.148. The van der Waals surface area contributed by atoms with Gasteiger partial charge in [0.05, 0.1) is 23.9 Å². The molecule has 0 atom stereocenters. The summed E-state index contributed by atoms with van der Waals surface area (Å²) in [4.78, 5) is 16.6. The van der Waals surface area contributed by atoms with Crippen LogP contribution in [0.5, 0.6) is 5.75 Å². The molecule has 0 bridgehead atoms. The van der Waals surface area contributed by atoms with Gasteiger partial charge < -0.3 is 10.1 Å². The number of halogens is 4. The zero-order valence-electron chi connectivity index (χ0n) is 20.1. The van der Waals surface area contributed by atoms with Gasteiger partial charge >= 0.3 is 6.18 Å². The predicted molar refractivity (Wildman–Crippen MR) is 146 cm³/mol. The van der Waals surface area contributed by atoms with Gasteiger partial charge in [-0.05, 0) is 48.9 Å². The largest absolute Gasteiger partial charge is 0.488 e. The second-order valence-corrected chi connectivity index (χ2v) is 10.0. The first-order valence-electron chi connectivity index (χ1n) is 11.3. The molecule has 0 unspecified atom stereocenters. The van der Waals surface area contributed by atoms with E-state index in [0.717, 1.165) is 22.2 Å². The standard InChI is InChI=1S/C27H22BrF3N4O2S/c1-17-5-7-18(8-6-17)15-37-24-10-9-21(28)11-19(24)14-32-35-25(36)13-23-16-38-26(34-23)33-22-4-2-3-20(12-22)27(29,30)31/h2-12,14,16H,13,15H2,1H3,(H,33,34)(H,35,36)/b32-14-. The average Bonchev–Trinajstić information content (AvgIpc) is 3.30. The molecule has 1 heterocycles. The van der Waals surface area contributed by atoms with Gasteiger partial charge in [-0.15, -0.1) is 11.3 Å². The highest BCUT2D eigenvalue weighted by Gasteiger charge is 2.30. The Morgan fingerprint density at radius 3 is 2.68 bits per heavy atom. The number of anilines is 2. The minimum absolute atomic E-state index is 0.0482. The molecule has 38 heavy (non-hydrogen) atoms. The zero-order valence-corrected chi connectivity index (χ0v) is 22.5. The minimum atomic E-state index is -4.44. The molecule has 4 aromatic rings. The summed E-state index contributed by atoms with van der Waals surface area (Å²) >= 11 is 4.62. The van der Waals surface area contributed by atoms with Gasteiger partial charge in [0.2, 0.25) is 5.91 Å². The molecular formula is C27H22BrF3N4O2S. The van der Waals surface area contributed by atoms with E-state index in [1.807, 2.05) is 49.4 Å². The van der Waals surface area contributed by atoms with E-state index in [1.54, 1.807) is 5.38 Å². The summed E-state index contributed by atoms with van der Waals surface area (Å²) in [5.41, 5.74) is 5.29. The number of hydrazone groups is 1. The second-order valence-electron chi connectivity index (χ2n) is 8.27. The Morgan fingerprint density at radius 2 is 1.92 bits per heavy atom. The number of carbonyl (C=O) groups excluding carboxylic acids is 1. The molecule has 0 spiro atoms. The third-order valence-electron chi connectivity index (χ3n) is 5.21. The first-order chi connectivity index (χ1) is 18.2. The van der Waals surface area contributed by atoms with Crippen molar-refractivity contribution in [1.29, 1.82) is 0 Å². The Hall–Kier alpha value is -3.70. The van der Waals surface area contributed by atoms with Crippen LogP contribution in [0.1, 0.15) is 27.9 Å². The van der Waals surface area contributed by atoms with Gasteiger partial charge in [-0.3, -0.25) is 4.79 Å². The van der Waals surface area contributed by atoms with Gasteiger partial charge in [-0.2, -0.15) is 18.3 Å². The third kappa shape index (κ3) is 7.90. The van der Waals surface area contributed by atoms with Crippen LogP contribution in [0, 0.1) is 6.92 Å². The number of hydrogen-bond donors (Lipinski definition) is 2. The summed E-state index contributed by atoms with van der Waals surface area (Å²) in [6, 6.07) is 18.4. The number of ether oxygens (including phenoxy) is 1. The molecule has 2 N–H and O–H groups in total. The second kappa shape index (κ2) is 12.2. The number of hydrogen-bond acceptors (Lipinski definition) is 6. The minimum Gasteiger partial charge on any atom is -0.488 e. The van der Waals surface area contributed by atoms with Crippen molar-refractivity contribution in [3.8, 4) is 5.75 Å². The molecule has 0 aliphatic carbocycles. The van der Waals surface area contributed by atoms with E-state index in [9.17, 15) is 18.0 Å². The molecule has 0 saturated heterocycles. The smallest absolute Gasteiger partial charge is 0.416 e. The summed E-state index contributed by atoms with van der Waals surface area (Å²) in [6.45, 7) is 2.41. The van der Waals surface area contributed by atoms with Crippen LogP contribution in [0.4, 0.5) is 24.0 Å². The highest BCUT2D eigenvalue weighted by molar-refractivity contribution is 9.10. The fourth-order valence-electron chi connectivity index (χ4n) is 3.32. The lowest BCUT2D eigenvalue weighted by Crippen LogP contribution is -2.20. The number of aromatic nitrogens is 1. The molecule has 1 aromatic heterocycles. The molecule has 4 rings (SSSR count). The monoisotopic (exact) mass is 602 g/mol. The Morgan fingerprint density at radius 1 is 1.13 bits per heavy atom. The first kappa shape index (κ1) is 27.3. The molecule has 0 aliphatic rings. The molecule has 6 nitrogen and oxygen atoms in total.